The van der Waals surface area contributed by atoms with Crippen molar-refractivity contribution in [3.63, 3.8) is 0 Å². The fraction of sp³-hybridized carbons (Fsp3) is 0.938. The molecule has 3 atom stereocenters. The van der Waals surface area contributed by atoms with Gasteiger partial charge in [-0.25, -0.2) is 0 Å². The van der Waals surface area contributed by atoms with E-state index in [-0.39, 0.29) is 5.54 Å². The van der Waals surface area contributed by atoms with E-state index in [2.05, 4.69) is 49.0 Å². The Morgan fingerprint density at radius 1 is 1.35 bits per heavy atom. The van der Waals surface area contributed by atoms with E-state index < -0.39 is 0 Å². The molecular formula is C16H30N4. The van der Waals surface area contributed by atoms with Crippen LogP contribution < -0.4 is 5.32 Å². The standard InChI is InChI=1S/C16H30N4/c1-13(2)18-16(12-17)7-6-15(10-16)20-9-5-8-19(4)11-14(20)3/h13-15,18H,5-11H2,1-4H3. The minimum Gasteiger partial charge on any atom is -0.305 e. The highest BCUT2D eigenvalue weighted by Gasteiger charge is 2.43. The normalized spacial score (nSPS) is 37.0. The molecule has 0 aromatic carbocycles. The van der Waals surface area contributed by atoms with Crippen LogP contribution in [0.4, 0.5) is 0 Å². The molecule has 1 N–H and O–H groups in total. The molecule has 0 amide bonds. The Morgan fingerprint density at radius 2 is 2.10 bits per heavy atom. The zero-order valence-corrected chi connectivity index (χ0v) is 13.5. The first kappa shape index (κ1) is 15.8. The molecule has 0 aromatic heterocycles. The van der Waals surface area contributed by atoms with Gasteiger partial charge in [-0.2, -0.15) is 5.26 Å². The fourth-order valence-electron chi connectivity index (χ4n) is 4.05. The molecule has 0 spiro atoms. The lowest BCUT2D eigenvalue weighted by Gasteiger charge is -2.34. The van der Waals surface area contributed by atoms with Gasteiger partial charge >= 0.3 is 0 Å². The van der Waals surface area contributed by atoms with E-state index >= 15 is 0 Å². The maximum absolute atomic E-state index is 9.61. The van der Waals surface area contributed by atoms with Crippen molar-refractivity contribution in [2.45, 2.75) is 70.1 Å². The first-order valence-electron chi connectivity index (χ1n) is 8.09. The summed E-state index contributed by atoms with van der Waals surface area (Å²) in [7, 11) is 2.22. The number of nitrogens with zero attached hydrogens (tertiary/aromatic N) is 3. The molecule has 1 aliphatic heterocycles. The van der Waals surface area contributed by atoms with Gasteiger partial charge in [0.1, 0.15) is 5.54 Å². The maximum atomic E-state index is 9.61. The SMILES string of the molecule is CC(C)NC1(C#N)CCC(N2CCCN(C)CC2C)C1. The van der Waals surface area contributed by atoms with Crippen LogP contribution in [0.1, 0.15) is 46.5 Å². The molecule has 2 fully saturated rings. The topological polar surface area (TPSA) is 42.3 Å². The van der Waals surface area contributed by atoms with Gasteiger partial charge < -0.3 is 4.90 Å². The predicted molar refractivity (Wildman–Crippen MR) is 82.5 cm³/mol. The van der Waals surface area contributed by atoms with Crippen molar-refractivity contribution in [1.82, 2.24) is 15.1 Å². The van der Waals surface area contributed by atoms with Crippen LogP contribution in [-0.2, 0) is 0 Å². The summed E-state index contributed by atoms with van der Waals surface area (Å²) in [5.74, 6) is 0. The first-order chi connectivity index (χ1) is 9.46. The molecule has 2 aliphatic rings. The van der Waals surface area contributed by atoms with E-state index in [0.717, 1.165) is 25.8 Å². The number of hydrogen-bond donors (Lipinski definition) is 1. The smallest absolute Gasteiger partial charge is 0.108 e. The summed E-state index contributed by atoms with van der Waals surface area (Å²) >= 11 is 0. The van der Waals surface area contributed by atoms with Crippen LogP contribution in [0.25, 0.3) is 0 Å². The average molecular weight is 278 g/mol. The third-order valence-electron chi connectivity index (χ3n) is 4.83. The Kier molecular flexibility index (Phi) is 5.06. The van der Waals surface area contributed by atoms with Crippen molar-refractivity contribution in [3.05, 3.63) is 0 Å². The molecule has 1 heterocycles. The summed E-state index contributed by atoms with van der Waals surface area (Å²) in [4.78, 5) is 5.09. The van der Waals surface area contributed by atoms with Gasteiger partial charge in [0.2, 0.25) is 0 Å². The highest BCUT2D eigenvalue weighted by atomic mass is 15.3. The molecule has 114 valence electrons. The minimum atomic E-state index is -0.295. The Balaban J connectivity index is 2.02. The monoisotopic (exact) mass is 278 g/mol. The van der Waals surface area contributed by atoms with Crippen LogP contribution in [0.5, 0.6) is 0 Å². The van der Waals surface area contributed by atoms with Crippen molar-refractivity contribution in [3.8, 4) is 6.07 Å². The lowest BCUT2D eigenvalue weighted by molar-refractivity contribution is 0.140. The molecule has 20 heavy (non-hydrogen) atoms. The van der Waals surface area contributed by atoms with Crippen LogP contribution in [0.2, 0.25) is 0 Å². The largest absolute Gasteiger partial charge is 0.305 e. The second-order valence-electron chi connectivity index (χ2n) is 7.09. The third kappa shape index (κ3) is 3.52. The van der Waals surface area contributed by atoms with Crippen LogP contribution in [0.3, 0.4) is 0 Å². The summed E-state index contributed by atoms with van der Waals surface area (Å²) in [5.41, 5.74) is -0.295. The Labute approximate surface area is 124 Å². The van der Waals surface area contributed by atoms with E-state index in [0.29, 0.717) is 18.1 Å². The van der Waals surface area contributed by atoms with Gasteiger partial charge in [-0.1, -0.05) is 0 Å². The highest BCUT2D eigenvalue weighted by molar-refractivity contribution is 5.14. The zero-order chi connectivity index (χ0) is 14.8. The zero-order valence-electron chi connectivity index (χ0n) is 13.5. The molecule has 2 rings (SSSR count). The van der Waals surface area contributed by atoms with Crippen LogP contribution >= 0.6 is 0 Å². The lowest BCUT2D eigenvalue weighted by Crippen LogP contribution is -2.49. The summed E-state index contributed by atoms with van der Waals surface area (Å²) < 4.78 is 0. The maximum Gasteiger partial charge on any atom is 0.108 e. The van der Waals surface area contributed by atoms with Gasteiger partial charge in [-0.3, -0.25) is 10.2 Å². The summed E-state index contributed by atoms with van der Waals surface area (Å²) in [6.45, 7) is 10.1. The lowest BCUT2D eigenvalue weighted by atomic mass is 9.98. The number of hydrogen-bond acceptors (Lipinski definition) is 4. The second-order valence-corrected chi connectivity index (χ2v) is 7.09. The van der Waals surface area contributed by atoms with Gasteiger partial charge in [0.15, 0.2) is 0 Å². The number of nitrogens with one attached hydrogen (secondary N) is 1. The number of nitriles is 1. The molecule has 0 radical (unpaired) electrons. The Morgan fingerprint density at radius 3 is 2.75 bits per heavy atom. The minimum absolute atomic E-state index is 0.295. The van der Waals surface area contributed by atoms with Crippen molar-refractivity contribution in [2.75, 3.05) is 26.7 Å². The number of likely N-dealkylation sites (N-methyl/N-ethyl adjacent to an activating group) is 1. The Bertz CT molecular complexity index is 362. The molecule has 4 heteroatoms. The van der Waals surface area contributed by atoms with Crippen LogP contribution in [0, 0.1) is 11.3 Å². The van der Waals surface area contributed by atoms with Gasteiger partial charge in [0.25, 0.3) is 0 Å². The molecule has 1 saturated carbocycles. The predicted octanol–water partition coefficient (Wildman–Crippen LogP) is 1.83. The second kappa shape index (κ2) is 6.43. The molecule has 1 aliphatic carbocycles. The fourth-order valence-corrected chi connectivity index (χ4v) is 4.05. The quantitative estimate of drug-likeness (QED) is 0.855. The van der Waals surface area contributed by atoms with Crippen LogP contribution in [0.15, 0.2) is 0 Å². The molecule has 4 nitrogen and oxygen atoms in total. The highest BCUT2D eigenvalue weighted by Crippen LogP contribution is 2.34. The van der Waals surface area contributed by atoms with Gasteiger partial charge in [0.05, 0.1) is 6.07 Å². The van der Waals surface area contributed by atoms with Crippen molar-refractivity contribution < 1.29 is 0 Å². The van der Waals surface area contributed by atoms with Gasteiger partial charge in [-0.15, -0.1) is 0 Å². The van der Waals surface area contributed by atoms with E-state index in [1.54, 1.807) is 0 Å². The van der Waals surface area contributed by atoms with E-state index in [1.807, 2.05) is 0 Å². The molecule has 0 aromatic rings. The first-order valence-corrected chi connectivity index (χ1v) is 8.09. The van der Waals surface area contributed by atoms with E-state index in [4.69, 9.17) is 0 Å². The third-order valence-corrected chi connectivity index (χ3v) is 4.83. The average Bonchev–Trinajstić information content (AvgIpc) is 2.70. The number of rotatable bonds is 3. The Hall–Kier alpha value is -0.630. The van der Waals surface area contributed by atoms with Gasteiger partial charge in [0, 0.05) is 24.7 Å². The van der Waals surface area contributed by atoms with Crippen molar-refractivity contribution in [2.24, 2.45) is 0 Å². The summed E-state index contributed by atoms with van der Waals surface area (Å²) in [6, 6.07) is 4.11. The summed E-state index contributed by atoms with van der Waals surface area (Å²) in [5, 5.41) is 13.1. The molecule has 1 saturated heterocycles. The summed E-state index contributed by atoms with van der Waals surface area (Å²) in [6.07, 6.45) is 4.37. The van der Waals surface area contributed by atoms with E-state index in [9.17, 15) is 5.26 Å². The van der Waals surface area contributed by atoms with E-state index in [1.165, 1.54) is 19.5 Å². The molecule has 3 unspecified atom stereocenters. The van der Waals surface area contributed by atoms with Crippen molar-refractivity contribution in [1.29, 1.82) is 5.26 Å². The van der Waals surface area contributed by atoms with Gasteiger partial charge in [-0.05, 0) is 66.6 Å². The van der Waals surface area contributed by atoms with Crippen LogP contribution in [-0.4, -0.2) is 60.1 Å². The molecular weight excluding hydrogens is 248 g/mol. The molecule has 0 bridgehead atoms. The van der Waals surface area contributed by atoms with Crippen molar-refractivity contribution >= 4 is 0 Å².